The zero-order valence-corrected chi connectivity index (χ0v) is 10.4. The molecule has 0 heterocycles. The van der Waals surface area contributed by atoms with E-state index in [0.29, 0.717) is 0 Å². The standard InChI is InChI=1S/C6H12N2O3.2C2H6/c1-11-5(9)3-2-4(7)6(8)10;2*1-2/h4H,2-3,7H2,1H3,(H2,8,10);2*1-2H3. The number of hydrogen-bond acceptors (Lipinski definition) is 4. The van der Waals surface area contributed by atoms with Gasteiger partial charge in [0.2, 0.25) is 5.91 Å². The van der Waals surface area contributed by atoms with Crippen molar-refractivity contribution in [3.8, 4) is 0 Å². The predicted octanol–water partition coefficient (Wildman–Crippen LogP) is 0.805. The van der Waals surface area contributed by atoms with Gasteiger partial charge in [-0.05, 0) is 6.42 Å². The molecule has 0 aromatic carbocycles. The van der Waals surface area contributed by atoms with Crippen LogP contribution in [-0.2, 0) is 14.3 Å². The third-order valence-electron chi connectivity index (χ3n) is 1.25. The molecule has 1 unspecified atom stereocenters. The van der Waals surface area contributed by atoms with Crippen molar-refractivity contribution < 1.29 is 14.3 Å². The normalized spacial score (nSPS) is 9.73. The number of rotatable bonds is 4. The molecule has 15 heavy (non-hydrogen) atoms. The Morgan fingerprint density at radius 1 is 1.20 bits per heavy atom. The molecule has 4 N–H and O–H groups in total. The first kappa shape index (κ1) is 19.5. The summed E-state index contributed by atoms with van der Waals surface area (Å²) in [6.07, 6.45) is 0.364. The third-order valence-corrected chi connectivity index (χ3v) is 1.25. The number of carbonyl (C=O) groups excluding carboxylic acids is 2. The third kappa shape index (κ3) is 15.6. The average molecular weight is 220 g/mol. The molecular weight excluding hydrogens is 196 g/mol. The highest BCUT2D eigenvalue weighted by molar-refractivity contribution is 5.80. The van der Waals surface area contributed by atoms with Crippen molar-refractivity contribution in [1.29, 1.82) is 0 Å². The van der Waals surface area contributed by atoms with Crippen molar-refractivity contribution in [2.45, 2.75) is 46.6 Å². The molecule has 92 valence electrons. The van der Waals surface area contributed by atoms with Crippen molar-refractivity contribution in [1.82, 2.24) is 0 Å². The summed E-state index contributed by atoms with van der Waals surface area (Å²) in [4.78, 5) is 20.9. The van der Waals surface area contributed by atoms with E-state index in [-0.39, 0.29) is 18.8 Å². The Kier molecular flexibility index (Phi) is 20.0. The Hall–Kier alpha value is -1.10. The molecular formula is C10H24N2O3. The van der Waals surface area contributed by atoms with Crippen LogP contribution in [0.5, 0.6) is 0 Å². The number of hydrogen-bond donors (Lipinski definition) is 2. The second-order valence-corrected chi connectivity index (χ2v) is 2.12. The zero-order chi connectivity index (χ0) is 12.9. The van der Waals surface area contributed by atoms with Crippen LogP contribution in [0.25, 0.3) is 0 Å². The molecule has 0 aliphatic carbocycles. The van der Waals surface area contributed by atoms with E-state index in [4.69, 9.17) is 11.5 Å². The molecule has 0 radical (unpaired) electrons. The van der Waals surface area contributed by atoms with E-state index in [2.05, 4.69) is 4.74 Å². The monoisotopic (exact) mass is 220 g/mol. The van der Waals surface area contributed by atoms with Gasteiger partial charge in [-0.3, -0.25) is 9.59 Å². The first-order valence-electron chi connectivity index (χ1n) is 5.19. The first-order chi connectivity index (χ1) is 7.07. The van der Waals surface area contributed by atoms with Crippen LogP contribution in [0.15, 0.2) is 0 Å². The van der Waals surface area contributed by atoms with Gasteiger partial charge < -0.3 is 16.2 Å². The highest BCUT2D eigenvalue weighted by atomic mass is 16.5. The van der Waals surface area contributed by atoms with Crippen LogP contribution in [0, 0.1) is 0 Å². The summed E-state index contributed by atoms with van der Waals surface area (Å²) in [6.45, 7) is 8.00. The largest absolute Gasteiger partial charge is 0.469 e. The second-order valence-electron chi connectivity index (χ2n) is 2.12. The maximum Gasteiger partial charge on any atom is 0.305 e. The van der Waals surface area contributed by atoms with E-state index in [1.807, 2.05) is 27.7 Å². The van der Waals surface area contributed by atoms with Gasteiger partial charge in [-0.2, -0.15) is 0 Å². The van der Waals surface area contributed by atoms with Gasteiger partial charge in [0, 0.05) is 6.42 Å². The Morgan fingerprint density at radius 2 is 1.60 bits per heavy atom. The predicted molar refractivity (Wildman–Crippen MR) is 61.1 cm³/mol. The van der Waals surface area contributed by atoms with Crippen molar-refractivity contribution in [3.05, 3.63) is 0 Å². The molecule has 0 fully saturated rings. The number of primary amides is 1. The first-order valence-corrected chi connectivity index (χ1v) is 5.19. The van der Waals surface area contributed by atoms with Gasteiger partial charge in [-0.1, -0.05) is 27.7 Å². The number of amides is 1. The van der Waals surface area contributed by atoms with Gasteiger partial charge in [0.1, 0.15) is 0 Å². The molecule has 5 nitrogen and oxygen atoms in total. The molecule has 0 saturated heterocycles. The van der Waals surface area contributed by atoms with E-state index in [0.717, 1.165) is 0 Å². The minimum absolute atomic E-state index is 0.126. The van der Waals surface area contributed by atoms with E-state index in [1.165, 1.54) is 7.11 Å². The number of esters is 1. The molecule has 5 heteroatoms. The van der Waals surface area contributed by atoms with Crippen LogP contribution in [0.1, 0.15) is 40.5 Å². The smallest absolute Gasteiger partial charge is 0.305 e. The lowest BCUT2D eigenvalue weighted by molar-refractivity contribution is -0.140. The van der Waals surface area contributed by atoms with Crippen LogP contribution >= 0.6 is 0 Å². The van der Waals surface area contributed by atoms with Crippen LogP contribution in [0.2, 0.25) is 0 Å². The summed E-state index contributed by atoms with van der Waals surface area (Å²) in [7, 11) is 1.28. The molecule has 0 aromatic rings. The van der Waals surface area contributed by atoms with E-state index < -0.39 is 11.9 Å². The summed E-state index contributed by atoms with van der Waals surface area (Å²) in [5.41, 5.74) is 10.1. The highest BCUT2D eigenvalue weighted by Crippen LogP contribution is 1.94. The van der Waals surface area contributed by atoms with Gasteiger partial charge in [-0.15, -0.1) is 0 Å². The minimum Gasteiger partial charge on any atom is -0.469 e. The summed E-state index contributed by atoms with van der Waals surface area (Å²) < 4.78 is 4.33. The van der Waals surface area contributed by atoms with Crippen molar-refractivity contribution in [3.63, 3.8) is 0 Å². The summed E-state index contributed by atoms with van der Waals surface area (Å²) >= 11 is 0. The van der Waals surface area contributed by atoms with E-state index in [1.54, 1.807) is 0 Å². The van der Waals surface area contributed by atoms with Crippen LogP contribution < -0.4 is 11.5 Å². The Balaban J connectivity index is -0.000000318. The quantitative estimate of drug-likeness (QED) is 0.685. The van der Waals surface area contributed by atoms with Gasteiger partial charge >= 0.3 is 5.97 Å². The van der Waals surface area contributed by atoms with E-state index >= 15 is 0 Å². The number of nitrogens with two attached hydrogens (primary N) is 2. The fraction of sp³-hybridized carbons (Fsp3) is 0.800. The van der Waals surface area contributed by atoms with Crippen LogP contribution in [0.3, 0.4) is 0 Å². The van der Waals surface area contributed by atoms with Crippen molar-refractivity contribution >= 4 is 11.9 Å². The number of carbonyl (C=O) groups is 2. The number of methoxy groups -OCH3 is 1. The van der Waals surface area contributed by atoms with Crippen LogP contribution in [0.4, 0.5) is 0 Å². The minimum atomic E-state index is -0.755. The molecule has 0 aliphatic rings. The Morgan fingerprint density at radius 3 is 1.87 bits per heavy atom. The second kappa shape index (κ2) is 15.4. The topological polar surface area (TPSA) is 95.4 Å². The molecule has 0 aliphatic heterocycles. The van der Waals surface area contributed by atoms with Crippen molar-refractivity contribution in [2.75, 3.05) is 7.11 Å². The molecule has 1 atom stereocenters. The molecule has 0 saturated carbocycles. The lowest BCUT2D eigenvalue weighted by atomic mass is 10.1. The maximum atomic E-state index is 10.5. The SMILES string of the molecule is CC.CC.COC(=O)CCC(N)C(N)=O. The maximum absolute atomic E-state index is 10.5. The summed E-state index contributed by atoms with van der Waals surface area (Å²) in [5.74, 6) is -0.990. The lowest BCUT2D eigenvalue weighted by Crippen LogP contribution is -2.36. The molecule has 0 bridgehead atoms. The van der Waals surface area contributed by atoms with Gasteiger partial charge in [0.15, 0.2) is 0 Å². The van der Waals surface area contributed by atoms with Gasteiger partial charge in [0.25, 0.3) is 0 Å². The van der Waals surface area contributed by atoms with Gasteiger partial charge in [0.05, 0.1) is 13.2 Å². The van der Waals surface area contributed by atoms with Gasteiger partial charge in [-0.25, -0.2) is 0 Å². The average Bonchev–Trinajstić information content (AvgIpc) is 2.30. The number of ether oxygens (including phenoxy) is 1. The Bertz CT molecular complexity index is 161. The molecule has 0 rings (SSSR count). The summed E-state index contributed by atoms with van der Waals surface area (Å²) in [5, 5.41) is 0. The van der Waals surface area contributed by atoms with E-state index in [9.17, 15) is 9.59 Å². The zero-order valence-electron chi connectivity index (χ0n) is 10.4. The fourth-order valence-electron chi connectivity index (χ4n) is 0.518. The van der Waals surface area contributed by atoms with Crippen molar-refractivity contribution in [2.24, 2.45) is 11.5 Å². The van der Waals surface area contributed by atoms with Crippen LogP contribution in [-0.4, -0.2) is 25.0 Å². The summed E-state index contributed by atoms with van der Waals surface area (Å²) in [6, 6.07) is -0.755. The molecule has 1 amide bonds. The lowest BCUT2D eigenvalue weighted by Gasteiger charge is -2.04. The fourth-order valence-corrected chi connectivity index (χ4v) is 0.518. The Labute approximate surface area is 92.2 Å². The molecule has 0 spiro atoms. The highest BCUT2D eigenvalue weighted by Gasteiger charge is 2.11. The molecule has 0 aromatic heterocycles.